The van der Waals surface area contributed by atoms with Crippen molar-refractivity contribution in [3.63, 3.8) is 0 Å². The maximum atomic E-state index is 12.8. The summed E-state index contributed by atoms with van der Waals surface area (Å²) >= 11 is 1.53. The monoisotopic (exact) mass is 481 g/mol. The summed E-state index contributed by atoms with van der Waals surface area (Å²) in [5.74, 6) is 2.05. The Bertz CT molecular complexity index is 1370. The van der Waals surface area contributed by atoms with Crippen LogP contribution in [0, 0.1) is 6.92 Å². The van der Waals surface area contributed by atoms with Gasteiger partial charge in [-0.1, -0.05) is 0 Å². The van der Waals surface area contributed by atoms with E-state index in [1.54, 1.807) is 25.1 Å². The number of benzene rings is 2. The molecule has 1 N–H and O–H groups in total. The molecule has 34 heavy (non-hydrogen) atoms. The number of aryl methyl sites for hydroxylation is 1. The first-order chi connectivity index (χ1) is 16.4. The number of rotatable bonds is 8. The second kappa shape index (κ2) is 9.92. The van der Waals surface area contributed by atoms with E-state index >= 15 is 0 Å². The van der Waals surface area contributed by atoms with Crippen LogP contribution in [0.25, 0.3) is 5.65 Å². The summed E-state index contributed by atoms with van der Waals surface area (Å²) in [6, 6.07) is 13.8. The van der Waals surface area contributed by atoms with Crippen molar-refractivity contribution in [1.29, 1.82) is 0 Å². The lowest BCUT2D eigenvalue weighted by Crippen LogP contribution is -2.13. The first kappa shape index (κ1) is 23.2. The van der Waals surface area contributed by atoms with Crippen molar-refractivity contribution in [2.24, 2.45) is 0 Å². The van der Waals surface area contributed by atoms with Gasteiger partial charge in [0.15, 0.2) is 17.1 Å². The topological polar surface area (TPSA) is 104 Å². The highest BCUT2D eigenvalue weighted by Crippen LogP contribution is 2.38. The van der Waals surface area contributed by atoms with Crippen molar-refractivity contribution < 1.29 is 23.5 Å². The zero-order valence-electron chi connectivity index (χ0n) is 19.1. The molecule has 0 fully saturated rings. The van der Waals surface area contributed by atoms with Gasteiger partial charge in [0.2, 0.25) is 5.75 Å². The SMILES string of the molecule is COc1cc(C(=O)Nc2ccc(SCc3cc(=O)n4oc(C)cc4n3)cc2)cc(OC)c1OC. The van der Waals surface area contributed by atoms with Crippen molar-refractivity contribution in [2.75, 3.05) is 26.6 Å². The quantitative estimate of drug-likeness (QED) is 0.374. The Morgan fingerprint density at radius 3 is 2.32 bits per heavy atom. The molecule has 10 heteroatoms. The molecule has 0 spiro atoms. The minimum atomic E-state index is -0.312. The van der Waals surface area contributed by atoms with Crippen molar-refractivity contribution in [2.45, 2.75) is 17.6 Å². The van der Waals surface area contributed by atoms with Crippen LogP contribution in [-0.4, -0.2) is 36.8 Å². The lowest BCUT2D eigenvalue weighted by Gasteiger charge is -2.14. The molecule has 0 bridgehead atoms. The average Bonchev–Trinajstić information content (AvgIpc) is 3.23. The number of anilines is 1. The standard InChI is InChI=1S/C24H23N3O6S/c1-14-9-21-25-17(12-22(28)27(21)33-14)13-34-18-7-5-16(6-8-18)26-24(29)15-10-19(30-2)23(32-4)20(11-15)31-3/h5-12H,13H2,1-4H3,(H,26,29). The molecule has 0 saturated heterocycles. The molecule has 176 valence electrons. The van der Waals surface area contributed by atoms with Crippen LogP contribution in [0.5, 0.6) is 17.2 Å². The van der Waals surface area contributed by atoms with E-state index < -0.39 is 0 Å². The molecule has 0 saturated carbocycles. The van der Waals surface area contributed by atoms with Gasteiger partial charge >= 0.3 is 0 Å². The Morgan fingerprint density at radius 1 is 1.03 bits per heavy atom. The lowest BCUT2D eigenvalue weighted by atomic mass is 10.1. The fourth-order valence-electron chi connectivity index (χ4n) is 3.35. The second-order valence-electron chi connectivity index (χ2n) is 7.27. The molecule has 2 heterocycles. The van der Waals surface area contributed by atoms with Gasteiger partial charge < -0.3 is 24.1 Å². The number of fused-ring (bicyclic) bond motifs is 1. The second-order valence-corrected chi connectivity index (χ2v) is 8.31. The first-order valence-electron chi connectivity index (χ1n) is 10.3. The van der Waals surface area contributed by atoms with Crippen molar-refractivity contribution in [3.05, 3.63) is 75.9 Å². The summed E-state index contributed by atoms with van der Waals surface area (Å²) in [5.41, 5.74) is 1.91. The minimum Gasteiger partial charge on any atom is -0.493 e. The Hall–Kier alpha value is -3.92. The number of nitrogens with one attached hydrogen (secondary N) is 1. The molecule has 9 nitrogen and oxygen atoms in total. The Balaban J connectivity index is 1.43. The fourth-order valence-corrected chi connectivity index (χ4v) is 4.15. The highest BCUT2D eigenvalue weighted by Gasteiger charge is 2.17. The molecule has 0 unspecified atom stereocenters. The smallest absolute Gasteiger partial charge is 0.287 e. The Kier molecular flexibility index (Phi) is 6.78. The third-order valence-corrected chi connectivity index (χ3v) is 6.00. The summed E-state index contributed by atoms with van der Waals surface area (Å²) < 4.78 is 22.4. The number of ether oxygens (including phenoxy) is 3. The van der Waals surface area contributed by atoms with Gasteiger partial charge in [0.05, 0.1) is 27.0 Å². The minimum absolute atomic E-state index is 0.251. The average molecular weight is 482 g/mol. The molecule has 0 radical (unpaired) electrons. The number of carbonyl (C=O) groups excluding carboxylic acids is 1. The predicted molar refractivity (Wildman–Crippen MR) is 129 cm³/mol. The summed E-state index contributed by atoms with van der Waals surface area (Å²) in [7, 11) is 4.50. The Labute approximate surface area is 199 Å². The number of hydrogen-bond donors (Lipinski definition) is 1. The molecule has 0 aliphatic heterocycles. The van der Waals surface area contributed by atoms with E-state index in [1.165, 1.54) is 43.7 Å². The lowest BCUT2D eigenvalue weighted by molar-refractivity contribution is 0.102. The molecule has 4 aromatic rings. The maximum absolute atomic E-state index is 12.8. The highest BCUT2D eigenvalue weighted by molar-refractivity contribution is 7.98. The van der Waals surface area contributed by atoms with E-state index in [0.717, 1.165) is 4.90 Å². The molecule has 0 atom stereocenters. The molecule has 4 rings (SSSR count). The number of nitrogens with zero attached hydrogens (tertiary/aromatic N) is 2. The van der Waals surface area contributed by atoms with Gasteiger partial charge in [0, 0.05) is 34.0 Å². The number of amides is 1. The zero-order chi connectivity index (χ0) is 24.2. The number of methoxy groups -OCH3 is 3. The van der Waals surface area contributed by atoms with E-state index in [2.05, 4.69) is 10.3 Å². The molecule has 0 aliphatic carbocycles. The highest BCUT2D eigenvalue weighted by atomic mass is 32.2. The summed E-state index contributed by atoms with van der Waals surface area (Å²) in [5, 5.41) is 2.86. The molecule has 2 aromatic carbocycles. The number of aromatic nitrogens is 2. The van der Waals surface area contributed by atoms with Crippen LogP contribution >= 0.6 is 11.8 Å². The fraction of sp³-hybridized carbons (Fsp3) is 0.208. The molecular weight excluding hydrogens is 458 g/mol. The zero-order valence-corrected chi connectivity index (χ0v) is 19.9. The van der Waals surface area contributed by atoms with Gasteiger partial charge in [-0.05, 0) is 43.3 Å². The van der Waals surface area contributed by atoms with Crippen molar-refractivity contribution in [3.8, 4) is 17.2 Å². The molecule has 2 aromatic heterocycles. The van der Waals surface area contributed by atoms with Crippen LogP contribution in [-0.2, 0) is 5.75 Å². The number of hydrogen-bond acceptors (Lipinski definition) is 8. The van der Waals surface area contributed by atoms with Crippen molar-refractivity contribution in [1.82, 2.24) is 9.56 Å². The number of thioether (sulfide) groups is 1. The van der Waals surface area contributed by atoms with Gasteiger partial charge in [-0.15, -0.1) is 16.3 Å². The molecule has 0 aliphatic rings. The van der Waals surface area contributed by atoms with E-state index in [1.807, 2.05) is 24.3 Å². The van der Waals surface area contributed by atoms with Crippen LogP contribution in [0.4, 0.5) is 5.69 Å². The van der Waals surface area contributed by atoms with Gasteiger partial charge in [-0.2, -0.15) is 0 Å². The third-order valence-electron chi connectivity index (χ3n) is 4.95. The predicted octanol–water partition coefficient (Wildman–Crippen LogP) is 4.17. The summed E-state index contributed by atoms with van der Waals surface area (Å²) in [4.78, 5) is 30.4. The summed E-state index contributed by atoms with van der Waals surface area (Å²) in [6.07, 6.45) is 0. The van der Waals surface area contributed by atoms with Crippen LogP contribution in [0.2, 0.25) is 0 Å². The molecular formula is C24H23N3O6S. The summed E-state index contributed by atoms with van der Waals surface area (Å²) in [6.45, 7) is 1.77. The largest absolute Gasteiger partial charge is 0.493 e. The van der Waals surface area contributed by atoms with Gasteiger partial charge in [0.1, 0.15) is 5.76 Å². The van der Waals surface area contributed by atoms with E-state index in [-0.39, 0.29) is 11.5 Å². The first-order valence-corrected chi connectivity index (χ1v) is 11.2. The van der Waals surface area contributed by atoms with E-state index in [4.69, 9.17) is 18.7 Å². The van der Waals surface area contributed by atoms with Crippen LogP contribution in [0.1, 0.15) is 21.8 Å². The normalized spacial score (nSPS) is 10.8. The molecule has 1 amide bonds. The van der Waals surface area contributed by atoms with Gasteiger partial charge in [-0.25, -0.2) is 4.98 Å². The van der Waals surface area contributed by atoms with Crippen LogP contribution in [0.3, 0.4) is 0 Å². The van der Waals surface area contributed by atoms with Gasteiger partial charge in [0.25, 0.3) is 11.5 Å². The number of carbonyl (C=O) groups is 1. The van der Waals surface area contributed by atoms with Crippen LogP contribution < -0.4 is 25.1 Å². The van der Waals surface area contributed by atoms with Gasteiger partial charge in [-0.3, -0.25) is 9.59 Å². The third kappa shape index (κ3) is 4.86. The Morgan fingerprint density at radius 2 is 1.71 bits per heavy atom. The van der Waals surface area contributed by atoms with Crippen LogP contribution in [0.15, 0.2) is 62.7 Å². The van der Waals surface area contributed by atoms with Crippen molar-refractivity contribution >= 4 is 29.0 Å². The van der Waals surface area contributed by atoms with E-state index in [9.17, 15) is 9.59 Å². The maximum Gasteiger partial charge on any atom is 0.287 e. The van der Waals surface area contributed by atoms with E-state index in [0.29, 0.717) is 51.4 Å².